The van der Waals surface area contributed by atoms with Crippen LogP contribution in [0.5, 0.6) is 0 Å². The minimum absolute atomic E-state index is 0.0805. The maximum absolute atomic E-state index is 12.4. The van der Waals surface area contributed by atoms with Crippen LogP contribution in [0.1, 0.15) is 34.2 Å². The van der Waals surface area contributed by atoms with Crippen LogP contribution >= 0.6 is 11.3 Å². The molecule has 22 heavy (non-hydrogen) atoms. The van der Waals surface area contributed by atoms with Crippen LogP contribution in [0.2, 0.25) is 0 Å². The van der Waals surface area contributed by atoms with Crippen molar-refractivity contribution < 1.29 is 14.1 Å². The Morgan fingerprint density at radius 1 is 1.55 bits per heavy atom. The predicted octanol–water partition coefficient (Wildman–Crippen LogP) is 1.36. The summed E-state index contributed by atoms with van der Waals surface area (Å²) < 4.78 is 4.86. The second-order valence-electron chi connectivity index (χ2n) is 5.08. The fourth-order valence-electron chi connectivity index (χ4n) is 2.52. The van der Waals surface area contributed by atoms with Gasteiger partial charge in [-0.3, -0.25) is 9.59 Å². The third-order valence-electron chi connectivity index (χ3n) is 3.54. The van der Waals surface area contributed by atoms with Gasteiger partial charge in [-0.2, -0.15) is 4.98 Å². The second kappa shape index (κ2) is 6.27. The van der Waals surface area contributed by atoms with Gasteiger partial charge in [0.2, 0.25) is 11.8 Å². The molecule has 2 aromatic heterocycles. The Labute approximate surface area is 131 Å². The quantitative estimate of drug-likeness (QED) is 0.919. The lowest BCUT2D eigenvalue weighted by molar-refractivity contribution is -0.125. The molecule has 1 atom stereocenters. The van der Waals surface area contributed by atoms with Crippen molar-refractivity contribution in [3.05, 3.63) is 34.1 Å². The van der Waals surface area contributed by atoms with Crippen molar-refractivity contribution >= 4 is 23.2 Å². The second-order valence-corrected chi connectivity index (χ2v) is 6.03. The van der Waals surface area contributed by atoms with Crippen molar-refractivity contribution in [3.63, 3.8) is 0 Å². The first-order valence-electron chi connectivity index (χ1n) is 7.06. The van der Waals surface area contributed by atoms with Gasteiger partial charge in [0.25, 0.3) is 5.91 Å². The Hall–Kier alpha value is -2.22. The average molecular weight is 320 g/mol. The van der Waals surface area contributed by atoms with Crippen LogP contribution in [0, 0.1) is 6.92 Å². The lowest BCUT2D eigenvalue weighted by atomic mass is 10.2. The summed E-state index contributed by atoms with van der Waals surface area (Å²) >= 11 is 1.39. The fraction of sp³-hybridized carbons (Fsp3) is 0.429. The van der Waals surface area contributed by atoms with Crippen molar-refractivity contribution in [3.8, 4) is 0 Å². The van der Waals surface area contributed by atoms with Gasteiger partial charge in [-0.25, -0.2) is 0 Å². The number of hydrogen-bond acceptors (Lipinski definition) is 6. The first-order valence-corrected chi connectivity index (χ1v) is 7.94. The normalized spacial score (nSPS) is 17.7. The van der Waals surface area contributed by atoms with Crippen LogP contribution in [0.15, 0.2) is 22.0 Å². The number of aryl methyl sites for hydroxylation is 1. The summed E-state index contributed by atoms with van der Waals surface area (Å²) in [5.41, 5.74) is 0. The van der Waals surface area contributed by atoms with E-state index in [1.54, 1.807) is 17.9 Å². The van der Waals surface area contributed by atoms with E-state index in [1.165, 1.54) is 11.3 Å². The number of aromatic nitrogens is 2. The van der Waals surface area contributed by atoms with Crippen LogP contribution in [-0.2, 0) is 11.3 Å². The van der Waals surface area contributed by atoms with Crippen LogP contribution in [0.4, 0.5) is 0 Å². The Morgan fingerprint density at radius 3 is 3.09 bits per heavy atom. The van der Waals surface area contributed by atoms with E-state index in [1.807, 2.05) is 11.4 Å². The van der Waals surface area contributed by atoms with E-state index in [2.05, 4.69) is 15.5 Å². The number of thiophene rings is 1. The van der Waals surface area contributed by atoms with Gasteiger partial charge in [-0.05, 0) is 24.3 Å². The molecular weight excluding hydrogens is 304 g/mol. The maximum Gasteiger partial charge on any atom is 0.264 e. The zero-order valence-electron chi connectivity index (χ0n) is 12.1. The minimum Gasteiger partial charge on any atom is -0.347 e. The molecule has 3 rings (SSSR count). The Kier molecular flexibility index (Phi) is 4.19. The Bertz CT molecular complexity index is 667. The van der Waals surface area contributed by atoms with Gasteiger partial charge < -0.3 is 14.7 Å². The molecule has 0 spiro atoms. The molecule has 1 aliphatic heterocycles. The number of amides is 2. The van der Waals surface area contributed by atoms with E-state index in [-0.39, 0.29) is 18.4 Å². The van der Waals surface area contributed by atoms with E-state index in [4.69, 9.17) is 4.52 Å². The summed E-state index contributed by atoms with van der Waals surface area (Å²) in [6.07, 6.45) is 1.50. The SMILES string of the molecule is Cc1nc(CNC(=O)[C@@H]2CCCN2C(=O)c2cccs2)no1. The molecule has 0 aromatic carbocycles. The van der Waals surface area contributed by atoms with Gasteiger partial charge in [0.05, 0.1) is 11.4 Å². The third kappa shape index (κ3) is 3.01. The summed E-state index contributed by atoms with van der Waals surface area (Å²) in [5.74, 6) is 0.632. The molecule has 0 aliphatic carbocycles. The summed E-state index contributed by atoms with van der Waals surface area (Å²) in [4.78, 5) is 31.1. The Morgan fingerprint density at radius 2 is 2.41 bits per heavy atom. The molecule has 2 aromatic rings. The van der Waals surface area contributed by atoms with Gasteiger partial charge in [0, 0.05) is 13.5 Å². The maximum atomic E-state index is 12.4. The highest BCUT2D eigenvalue weighted by atomic mass is 32.1. The minimum atomic E-state index is -0.428. The van der Waals surface area contributed by atoms with Gasteiger partial charge in [-0.1, -0.05) is 11.2 Å². The number of carbonyl (C=O) groups excluding carboxylic acids is 2. The monoisotopic (exact) mass is 320 g/mol. The molecule has 1 fully saturated rings. The molecule has 8 heteroatoms. The summed E-state index contributed by atoms with van der Waals surface area (Å²) in [6.45, 7) is 2.50. The zero-order valence-corrected chi connectivity index (χ0v) is 12.9. The van der Waals surface area contributed by atoms with Crippen LogP contribution < -0.4 is 5.32 Å². The van der Waals surface area contributed by atoms with E-state index < -0.39 is 6.04 Å². The molecule has 7 nitrogen and oxygen atoms in total. The number of likely N-dealkylation sites (tertiary alicyclic amines) is 1. The highest BCUT2D eigenvalue weighted by Gasteiger charge is 2.34. The fourth-order valence-corrected chi connectivity index (χ4v) is 3.20. The molecule has 1 N–H and O–H groups in total. The number of carbonyl (C=O) groups is 2. The van der Waals surface area contributed by atoms with Crippen LogP contribution in [-0.4, -0.2) is 39.4 Å². The lowest BCUT2D eigenvalue weighted by Crippen LogP contribution is -2.45. The number of nitrogens with zero attached hydrogens (tertiary/aromatic N) is 3. The predicted molar refractivity (Wildman–Crippen MR) is 79.3 cm³/mol. The average Bonchev–Trinajstić information content (AvgIpc) is 3.25. The third-order valence-corrected chi connectivity index (χ3v) is 4.40. The lowest BCUT2D eigenvalue weighted by Gasteiger charge is -2.23. The molecule has 0 bridgehead atoms. The van der Waals surface area contributed by atoms with Gasteiger partial charge in [0.1, 0.15) is 6.04 Å². The van der Waals surface area contributed by atoms with E-state index in [0.29, 0.717) is 29.6 Å². The molecule has 3 heterocycles. The summed E-state index contributed by atoms with van der Waals surface area (Å²) in [5, 5.41) is 8.36. The smallest absolute Gasteiger partial charge is 0.264 e. The van der Waals surface area contributed by atoms with Crippen LogP contribution in [0.25, 0.3) is 0 Å². The summed E-state index contributed by atoms with van der Waals surface area (Å²) in [7, 11) is 0. The number of hydrogen-bond donors (Lipinski definition) is 1. The molecular formula is C14H16N4O3S. The highest BCUT2D eigenvalue weighted by Crippen LogP contribution is 2.22. The summed E-state index contributed by atoms with van der Waals surface area (Å²) in [6, 6.07) is 3.19. The molecule has 0 saturated carbocycles. The number of rotatable bonds is 4. The van der Waals surface area contributed by atoms with Crippen molar-refractivity contribution in [2.24, 2.45) is 0 Å². The van der Waals surface area contributed by atoms with Crippen molar-refractivity contribution in [1.82, 2.24) is 20.4 Å². The van der Waals surface area contributed by atoms with Crippen molar-refractivity contribution in [1.29, 1.82) is 0 Å². The number of nitrogens with one attached hydrogen (secondary N) is 1. The topological polar surface area (TPSA) is 88.3 Å². The standard InChI is InChI=1S/C14H16N4O3S/c1-9-16-12(17-21-9)8-15-13(19)10-4-2-6-18(10)14(20)11-5-3-7-22-11/h3,5,7,10H,2,4,6,8H2,1H3,(H,15,19)/t10-/m0/s1. The molecule has 116 valence electrons. The van der Waals surface area contributed by atoms with Crippen LogP contribution in [0.3, 0.4) is 0 Å². The molecule has 1 aliphatic rings. The molecule has 0 radical (unpaired) electrons. The highest BCUT2D eigenvalue weighted by molar-refractivity contribution is 7.12. The van der Waals surface area contributed by atoms with Gasteiger partial charge in [-0.15, -0.1) is 11.3 Å². The van der Waals surface area contributed by atoms with Gasteiger partial charge >= 0.3 is 0 Å². The molecule has 1 saturated heterocycles. The van der Waals surface area contributed by atoms with E-state index in [0.717, 1.165) is 6.42 Å². The van der Waals surface area contributed by atoms with Crippen molar-refractivity contribution in [2.45, 2.75) is 32.4 Å². The van der Waals surface area contributed by atoms with Gasteiger partial charge in [0.15, 0.2) is 5.82 Å². The molecule has 2 amide bonds. The van der Waals surface area contributed by atoms with E-state index >= 15 is 0 Å². The zero-order chi connectivity index (χ0) is 15.5. The van der Waals surface area contributed by atoms with E-state index in [9.17, 15) is 9.59 Å². The first-order chi connectivity index (χ1) is 10.6. The molecule has 0 unspecified atom stereocenters. The Balaban J connectivity index is 1.62. The first kappa shape index (κ1) is 14.7. The van der Waals surface area contributed by atoms with Crippen molar-refractivity contribution in [2.75, 3.05) is 6.54 Å². The largest absolute Gasteiger partial charge is 0.347 e.